The van der Waals surface area contributed by atoms with Gasteiger partial charge in [-0.3, -0.25) is 9.59 Å². The molecule has 0 unspecified atom stereocenters. The molecule has 0 aliphatic rings. The van der Waals surface area contributed by atoms with E-state index >= 15 is 0 Å². The van der Waals surface area contributed by atoms with Crippen molar-refractivity contribution in [3.63, 3.8) is 0 Å². The van der Waals surface area contributed by atoms with Crippen molar-refractivity contribution in [2.24, 2.45) is 0 Å². The Morgan fingerprint density at radius 2 is 1.76 bits per heavy atom. The number of aromatic hydroxyl groups is 1. The molecule has 0 aliphatic carbocycles. The van der Waals surface area contributed by atoms with Crippen LogP contribution in [-0.4, -0.2) is 18.0 Å². The molecular formula is C17H14O4. The first-order valence-corrected chi connectivity index (χ1v) is 6.30. The summed E-state index contributed by atoms with van der Waals surface area (Å²) in [4.78, 5) is 23.5. The van der Waals surface area contributed by atoms with Crippen LogP contribution in [0.1, 0.15) is 15.9 Å². The number of rotatable bonds is 4. The molecule has 2 rings (SSSR count). The third kappa shape index (κ3) is 3.57. The molecule has 0 radical (unpaired) electrons. The average molecular weight is 282 g/mol. The zero-order chi connectivity index (χ0) is 15.2. The van der Waals surface area contributed by atoms with Gasteiger partial charge in [-0.15, -0.1) is 0 Å². The molecule has 106 valence electrons. The van der Waals surface area contributed by atoms with Crippen LogP contribution < -0.4 is 10.2 Å². The number of ketones is 1. The van der Waals surface area contributed by atoms with Crippen molar-refractivity contribution in [2.75, 3.05) is 7.11 Å². The van der Waals surface area contributed by atoms with Crippen LogP contribution in [0.15, 0.2) is 59.4 Å². The highest BCUT2D eigenvalue weighted by Gasteiger charge is 2.09. The Bertz CT molecular complexity index is 730. The standard InChI is InChI=1S/C17H14O4/c1-21-13-9-6-12(7-10-13)8-11-15(18)14-4-2-3-5-16(19)17(14)20/h2-11H,1H3,(H,19,20)/b11-8+. The molecule has 0 saturated carbocycles. The Morgan fingerprint density at radius 1 is 1.10 bits per heavy atom. The van der Waals surface area contributed by atoms with Gasteiger partial charge in [-0.05, 0) is 35.9 Å². The molecule has 0 atom stereocenters. The van der Waals surface area contributed by atoms with E-state index in [-0.39, 0.29) is 5.56 Å². The van der Waals surface area contributed by atoms with E-state index in [0.29, 0.717) is 0 Å². The molecule has 2 aromatic rings. The van der Waals surface area contributed by atoms with Crippen LogP contribution in [0.3, 0.4) is 0 Å². The van der Waals surface area contributed by atoms with E-state index in [1.807, 2.05) is 0 Å². The van der Waals surface area contributed by atoms with Crippen LogP contribution in [0.25, 0.3) is 6.08 Å². The lowest BCUT2D eigenvalue weighted by Gasteiger charge is -1.99. The summed E-state index contributed by atoms with van der Waals surface area (Å²) in [5, 5.41) is 9.71. The number of benzene rings is 1. The summed E-state index contributed by atoms with van der Waals surface area (Å²) in [7, 11) is 1.58. The van der Waals surface area contributed by atoms with Crippen molar-refractivity contribution >= 4 is 11.9 Å². The van der Waals surface area contributed by atoms with Crippen LogP contribution in [0.5, 0.6) is 11.5 Å². The molecule has 4 nitrogen and oxygen atoms in total. The van der Waals surface area contributed by atoms with Gasteiger partial charge in [0, 0.05) is 0 Å². The first-order valence-electron chi connectivity index (χ1n) is 6.30. The topological polar surface area (TPSA) is 63.6 Å². The van der Waals surface area contributed by atoms with Gasteiger partial charge in [0.1, 0.15) is 5.75 Å². The van der Waals surface area contributed by atoms with Gasteiger partial charge in [0.25, 0.3) is 0 Å². The summed E-state index contributed by atoms with van der Waals surface area (Å²) >= 11 is 0. The van der Waals surface area contributed by atoms with Gasteiger partial charge in [0.15, 0.2) is 11.5 Å². The summed E-state index contributed by atoms with van der Waals surface area (Å²) < 4.78 is 5.04. The maximum Gasteiger partial charge on any atom is 0.220 e. The Balaban J connectivity index is 2.25. The molecule has 4 heteroatoms. The Hall–Kier alpha value is -2.88. The van der Waals surface area contributed by atoms with E-state index in [1.165, 1.54) is 30.3 Å². The van der Waals surface area contributed by atoms with E-state index in [0.717, 1.165) is 11.3 Å². The fourth-order valence-electron chi connectivity index (χ4n) is 1.76. The van der Waals surface area contributed by atoms with E-state index in [9.17, 15) is 14.7 Å². The van der Waals surface area contributed by atoms with E-state index in [4.69, 9.17) is 4.74 Å². The molecule has 0 spiro atoms. The monoisotopic (exact) mass is 282 g/mol. The van der Waals surface area contributed by atoms with Gasteiger partial charge in [0.05, 0.1) is 12.7 Å². The molecule has 21 heavy (non-hydrogen) atoms. The lowest BCUT2D eigenvalue weighted by Crippen LogP contribution is -2.01. The SMILES string of the molecule is COc1ccc(/C=C/C(=O)c2ccccc(=O)c2O)cc1. The molecule has 0 aliphatic heterocycles. The fourth-order valence-corrected chi connectivity index (χ4v) is 1.76. The number of carbonyl (C=O) groups is 1. The molecule has 0 amide bonds. The van der Waals surface area contributed by atoms with Gasteiger partial charge in [0.2, 0.25) is 5.43 Å². The maximum atomic E-state index is 12.0. The number of hydrogen-bond acceptors (Lipinski definition) is 4. The predicted octanol–water partition coefficient (Wildman–Crippen LogP) is 2.66. The first-order chi connectivity index (χ1) is 10.1. The van der Waals surface area contributed by atoms with Crippen LogP contribution in [0.2, 0.25) is 0 Å². The van der Waals surface area contributed by atoms with E-state index in [2.05, 4.69) is 0 Å². The zero-order valence-corrected chi connectivity index (χ0v) is 11.4. The normalized spacial score (nSPS) is 10.5. The highest BCUT2D eigenvalue weighted by molar-refractivity contribution is 6.08. The minimum absolute atomic E-state index is 0.0187. The minimum atomic E-state index is -0.582. The summed E-state index contributed by atoms with van der Waals surface area (Å²) in [6, 6.07) is 12.8. The van der Waals surface area contributed by atoms with E-state index in [1.54, 1.807) is 37.5 Å². The average Bonchev–Trinajstić information content (AvgIpc) is 2.68. The predicted molar refractivity (Wildman–Crippen MR) is 80.7 cm³/mol. The van der Waals surface area contributed by atoms with E-state index < -0.39 is 17.0 Å². The van der Waals surface area contributed by atoms with Crippen molar-refractivity contribution in [3.05, 3.63) is 76.0 Å². The van der Waals surface area contributed by atoms with Crippen molar-refractivity contribution < 1.29 is 14.6 Å². The quantitative estimate of drug-likeness (QED) is 0.691. The fraction of sp³-hybridized carbons (Fsp3) is 0.0588. The molecule has 0 fully saturated rings. The largest absolute Gasteiger partial charge is 0.504 e. The number of methoxy groups -OCH3 is 1. The van der Waals surface area contributed by atoms with Crippen LogP contribution in [0.4, 0.5) is 0 Å². The second kappa shape index (κ2) is 6.52. The van der Waals surface area contributed by atoms with Crippen LogP contribution >= 0.6 is 0 Å². The van der Waals surface area contributed by atoms with Crippen molar-refractivity contribution in [2.45, 2.75) is 0 Å². The summed E-state index contributed by atoms with van der Waals surface area (Å²) in [5.41, 5.74) is 0.210. The van der Waals surface area contributed by atoms with Crippen molar-refractivity contribution in [1.29, 1.82) is 0 Å². The summed E-state index contributed by atoms with van der Waals surface area (Å²) in [5.74, 6) is -0.247. The number of hydrogen-bond donors (Lipinski definition) is 1. The number of ether oxygens (including phenoxy) is 1. The molecule has 0 heterocycles. The number of carbonyl (C=O) groups excluding carboxylic acids is 1. The molecule has 0 bridgehead atoms. The third-order valence-electron chi connectivity index (χ3n) is 2.92. The van der Waals surface area contributed by atoms with Crippen molar-refractivity contribution in [1.82, 2.24) is 0 Å². The highest BCUT2D eigenvalue weighted by Crippen LogP contribution is 2.14. The summed E-state index contributed by atoms with van der Waals surface area (Å²) in [6.45, 7) is 0. The third-order valence-corrected chi connectivity index (χ3v) is 2.92. The van der Waals surface area contributed by atoms with Crippen molar-refractivity contribution in [3.8, 4) is 11.5 Å². The second-order valence-corrected chi connectivity index (χ2v) is 4.32. The minimum Gasteiger partial charge on any atom is -0.504 e. The second-order valence-electron chi connectivity index (χ2n) is 4.32. The van der Waals surface area contributed by atoms with Gasteiger partial charge in [-0.2, -0.15) is 0 Å². The van der Waals surface area contributed by atoms with Crippen LogP contribution in [0, 0.1) is 0 Å². The maximum absolute atomic E-state index is 12.0. The molecule has 0 saturated heterocycles. The first kappa shape index (κ1) is 14.5. The van der Waals surface area contributed by atoms with Gasteiger partial charge >= 0.3 is 0 Å². The molecular weight excluding hydrogens is 268 g/mol. The molecule has 1 N–H and O–H groups in total. The van der Waals surface area contributed by atoms with Gasteiger partial charge in [-0.25, -0.2) is 0 Å². The smallest absolute Gasteiger partial charge is 0.220 e. The summed E-state index contributed by atoms with van der Waals surface area (Å²) in [6.07, 6.45) is 2.93. The lowest BCUT2D eigenvalue weighted by molar-refractivity contribution is 0.104. The van der Waals surface area contributed by atoms with Crippen LogP contribution in [-0.2, 0) is 0 Å². The highest BCUT2D eigenvalue weighted by atomic mass is 16.5. The Labute approximate surface area is 121 Å². The number of allylic oxidation sites excluding steroid dienone is 1. The Kier molecular flexibility index (Phi) is 4.51. The van der Waals surface area contributed by atoms with Gasteiger partial charge < -0.3 is 9.84 Å². The van der Waals surface area contributed by atoms with Gasteiger partial charge in [-0.1, -0.05) is 30.3 Å². The lowest BCUT2D eigenvalue weighted by atomic mass is 10.1. The Morgan fingerprint density at radius 3 is 2.43 bits per heavy atom. The molecule has 2 aromatic carbocycles. The zero-order valence-electron chi connectivity index (χ0n) is 11.4. The molecule has 0 aromatic heterocycles.